The van der Waals surface area contributed by atoms with E-state index in [0.29, 0.717) is 21.8 Å². The maximum Gasteiger partial charge on any atom is 0.335 e. The van der Waals surface area contributed by atoms with Crippen molar-refractivity contribution in [3.63, 3.8) is 0 Å². The number of pyridine rings is 1. The summed E-state index contributed by atoms with van der Waals surface area (Å²) in [7, 11) is 0. The van der Waals surface area contributed by atoms with Gasteiger partial charge in [-0.1, -0.05) is 11.6 Å². The van der Waals surface area contributed by atoms with Crippen LogP contribution in [0.15, 0.2) is 65.5 Å². The number of carboxylic acids is 2. The molecule has 0 bridgehead atoms. The van der Waals surface area contributed by atoms with Gasteiger partial charge in [-0.15, -0.1) is 0 Å². The largest absolute Gasteiger partial charge is 0.478 e. The molecule has 2 N–H and O–H groups in total. The van der Waals surface area contributed by atoms with Crippen molar-refractivity contribution in [3.8, 4) is 0 Å². The van der Waals surface area contributed by atoms with Gasteiger partial charge in [-0.25, -0.2) is 19.5 Å². The highest BCUT2D eigenvalue weighted by Gasteiger charge is 2.37. The lowest BCUT2D eigenvalue weighted by atomic mass is 9.90. The lowest BCUT2D eigenvalue weighted by molar-refractivity contribution is 0.0686. The van der Waals surface area contributed by atoms with Crippen LogP contribution >= 0.6 is 11.6 Å². The Bertz CT molecular complexity index is 2200. The molecule has 10 nitrogen and oxygen atoms in total. The van der Waals surface area contributed by atoms with Crippen LogP contribution in [0.5, 0.6) is 0 Å². The number of hydrogen-bond acceptors (Lipinski definition) is 6. The van der Waals surface area contributed by atoms with E-state index in [4.69, 9.17) is 11.6 Å². The van der Waals surface area contributed by atoms with Crippen LogP contribution in [0.4, 0.5) is 5.69 Å². The number of imide groups is 1. The summed E-state index contributed by atoms with van der Waals surface area (Å²) in [5.41, 5.74) is 0.543. The molecule has 3 heterocycles. The highest BCUT2D eigenvalue weighted by molar-refractivity contribution is 6.42. The van der Waals surface area contributed by atoms with Crippen molar-refractivity contribution in [1.29, 1.82) is 0 Å². The Morgan fingerprint density at radius 1 is 0.744 bits per heavy atom. The maximum absolute atomic E-state index is 13.7. The summed E-state index contributed by atoms with van der Waals surface area (Å²) in [6.45, 7) is 0. The topological polar surface area (TPSA) is 146 Å². The van der Waals surface area contributed by atoms with E-state index in [1.165, 1.54) is 52.9 Å². The summed E-state index contributed by atoms with van der Waals surface area (Å²) < 4.78 is 1.33. The molecule has 0 radical (unpaired) electrons. The summed E-state index contributed by atoms with van der Waals surface area (Å²) in [5, 5.41) is 20.2. The lowest BCUT2D eigenvalue weighted by Gasteiger charge is -2.28. The second kappa shape index (κ2) is 7.59. The Morgan fingerprint density at radius 2 is 1.36 bits per heavy atom. The molecule has 1 aliphatic rings. The van der Waals surface area contributed by atoms with Gasteiger partial charge in [-0.05, 0) is 60.7 Å². The van der Waals surface area contributed by atoms with Crippen molar-refractivity contribution in [1.82, 2.24) is 9.38 Å². The van der Waals surface area contributed by atoms with Gasteiger partial charge < -0.3 is 10.2 Å². The quantitative estimate of drug-likeness (QED) is 0.315. The Labute approximate surface area is 221 Å². The summed E-state index contributed by atoms with van der Waals surface area (Å²) in [5.74, 6) is -3.85. The number of rotatable bonds is 3. The second-order valence-electron chi connectivity index (χ2n) is 9.07. The second-order valence-corrected chi connectivity index (χ2v) is 9.48. The molecular formula is C28H12ClN3O7. The van der Waals surface area contributed by atoms with Gasteiger partial charge in [0.2, 0.25) is 0 Å². The van der Waals surface area contributed by atoms with Crippen molar-refractivity contribution >= 4 is 79.3 Å². The predicted molar refractivity (Wildman–Crippen MR) is 142 cm³/mol. The average molecular weight is 538 g/mol. The fourth-order valence-corrected chi connectivity index (χ4v) is 5.50. The number of carbonyl (C=O) groups excluding carboxylic acids is 2. The van der Waals surface area contributed by atoms with E-state index in [1.54, 1.807) is 6.07 Å². The number of benzene rings is 4. The molecule has 0 saturated carbocycles. The molecule has 0 unspecified atom stereocenters. The van der Waals surface area contributed by atoms with Gasteiger partial charge in [0.05, 0.1) is 32.9 Å². The molecule has 0 aliphatic carbocycles. The smallest absolute Gasteiger partial charge is 0.335 e. The van der Waals surface area contributed by atoms with E-state index in [0.717, 1.165) is 11.0 Å². The molecule has 7 rings (SSSR count). The first-order valence-corrected chi connectivity index (χ1v) is 11.9. The van der Waals surface area contributed by atoms with Crippen LogP contribution in [0, 0.1) is 0 Å². The van der Waals surface area contributed by atoms with E-state index >= 15 is 0 Å². The molecule has 0 saturated heterocycles. The van der Waals surface area contributed by atoms with Gasteiger partial charge in [0, 0.05) is 32.7 Å². The van der Waals surface area contributed by atoms with Crippen LogP contribution in [0.25, 0.3) is 38.2 Å². The molecule has 1 aliphatic heterocycles. The number of aromatic carboxylic acids is 2. The standard InChI is InChI=1S/C28H12ClN3O7/c29-17-7-1-11(27(36)37)9-19(17)32-25(34)15-4-3-13-21-14(5-6-16(22(15)21)26(32)35)24(33)31-20-10-12(28(38)39)2-8-18(20)30-23(13)31/h1-10H,(H,36,37)(H,38,39). The van der Waals surface area contributed by atoms with Crippen LogP contribution in [0.2, 0.25) is 5.02 Å². The Morgan fingerprint density at radius 3 is 2.03 bits per heavy atom. The predicted octanol–water partition coefficient (Wildman–Crippen LogP) is 4.44. The summed E-state index contributed by atoms with van der Waals surface area (Å²) in [6, 6.07) is 14.1. The Kier molecular flexibility index (Phi) is 4.44. The summed E-state index contributed by atoms with van der Waals surface area (Å²) >= 11 is 6.29. The minimum absolute atomic E-state index is 0.00374. The van der Waals surface area contributed by atoms with Crippen LogP contribution < -0.4 is 10.5 Å². The van der Waals surface area contributed by atoms with Crippen LogP contribution in [0.3, 0.4) is 0 Å². The SMILES string of the molecule is O=C(O)c1ccc(Cl)c(N2C(=O)c3ccc4c(=O)n5c6cc(C(=O)O)ccc6nc5c5ccc(c3c45)C2=O)c1. The monoisotopic (exact) mass is 537 g/mol. The number of nitrogens with zero attached hydrogens (tertiary/aromatic N) is 3. The molecule has 0 fully saturated rings. The van der Waals surface area contributed by atoms with E-state index in [9.17, 15) is 34.2 Å². The van der Waals surface area contributed by atoms with Gasteiger partial charge in [-0.3, -0.25) is 18.8 Å². The average Bonchev–Trinajstić information content (AvgIpc) is 3.30. The third-order valence-electron chi connectivity index (χ3n) is 7.04. The summed E-state index contributed by atoms with van der Waals surface area (Å²) in [6.07, 6.45) is 0. The Hall–Kier alpha value is -5.35. The third-order valence-corrected chi connectivity index (χ3v) is 7.36. The first kappa shape index (κ1) is 22.8. The number of halogens is 1. The van der Waals surface area contributed by atoms with Crippen molar-refractivity contribution in [3.05, 3.63) is 98.3 Å². The van der Waals surface area contributed by atoms with Crippen LogP contribution in [0.1, 0.15) is 41.4 Å². The van der Waals surface area contributed by atoms with Crippen LogP contribution in [-0.4, -0.2) is 43.4 Å². The number of amides is 2. The van der Waals surface area contributed by atoms with Crippen LogP contribution in [-0.2, 0) is 0 Å². The number of carbonyl (C=O) groups is 4. The minimum Gasteiger partial charge on any atom is -0.478 e. The van der Waals surface area contributed by atoms with Gasteiger partial charge >= 0.3 is 11.9 Å². The van der Waals surface area contributed by atoms with E-state index in [1.807, 2.05) is 0 Å². The van der Waals surface area contributed by atoms with E-state index in [-0.39, 0.29) is 49.4 Å². The van der Waals surface area contributed by atoms with Crippen molar-refractivity contribution in [2.24, 2.45) is 0 Å². The number of aromatic nitrogens is 2. The summed E-state index contributed by atoms with van der Waals surface area (Å²) in [4.78, 5) is 69.5. The zero-order valence-corrected chi connectivity index (χ0v) is 20.2. The van der Waals surface area contributed by atoms with E-state index < -0.39 is 29.3 Å². The first-order valence-electron chi connectivity index (χ1n) is 11.5. The van der Waals surface area contributed by atoms with Gasteiger partial charge in [0.15, 0.2) is 0 Å². The minimum atomic E-state index is -1.25. The fourth-order valence-electron chi connectivity index (χ4n) is 5.30. The number of hydrogen-bond donors (Lipinski definition) is 2. The van der Waals surface area contributed by atoms with E-state index in [2.05, 4.69) is 4.98 Å². The molecule has 11 heteroatoms. The Balaban J connectivity index is 1.54. The molecule has 0 spiro atoms. The number of fused-ring (bicyclic) bond motifs is 4. The molecule has 188 valence electrons. The molecule has 2 aromatic heterocycles. The molecule has 4 aromatic carbocycles. The molecular weight excluding hydrogens is 526 g/mol. The fraction of sp³-hybridized carbons (Fsp3) is 0. The van der Waals surface area contributed by atoms with Gasteiger partial charge in [0.25, 0.3) is 17.4 Å². The zero-order chi connectivity index (χ0) is 27.3. The highest BCUT2D eigenvalue weighted by Crippen LogP contribution is 2.40. The lowest BCUT2D eigenvalue weighted by Crippen LogP contribution is -2.40. The number of carboxylic acid groups (broad SMARTS) is 2. The molecule has 2 amide bonds. The number of anilines is 1. The highest BCUT2D eigenvalue weighted by atomic mass is 35.5. The molecule has 0 atom stereocenters. The zero-order valence-electron chi connectivity index (χ0n) is 19.4. The maximum atomic E-state index is 13.7. The van der Waals surface area contributed by atoms with Crippen molar-refractivity contribution < 1.29 is 29.4 Å². The van der Waals surface area contributed by atoms with Gasteiger partial charge in [0.1, 0.15) is 5.65 Å². The normalized spacial score (nSPS) is 13.3. The van der Waals surface area contributed by atoms with Crippen molar-refractivity contribution in [2.75, 3.05) is 4.90 Å². The number of imidazole rings is 1. The van der Waals surface area contributed by atoms with Gasteiger partial charge in [-0.2, -0.15) is 0 Å². The molecule has 6 aromatic rings. The third kappa shape index (κ3) is 2.91. The molecule has 39 heavy (non-hydrogen) atoms. The van der Waals surface area contributed by atoms with Crippen molar-refractivity contribution in [2.45, 2.75) is 0 Å². The first-order chi connectivity index (χ1) is 18.7.